The van der Waals surface area contributed by atoms with Crippen molar-refractivity contribution in [2.75, 3.05) is 52.3 Å². The summed E-state index contributed by atoms with van der Waals surface area (Å²) in [5.74, 6) is 0.442. The number of hydrogen-bond donors (Lipinski definition) is 1. The molecule has 160 valence electrons. The first-order chi connectivity index (χ1) is 14.4. The minimum Gasteiger partial charge on any atom is -0.497 e. The number of carbonyl (C=O) groups excluding carboxylic acids is 2. The summed E-state index contributed by atoms with van der Waals surface area (Å²) in [6, 6.07) is 9.70. The van der Waals surface area contributed by atoms with Crippen LogP contribution in [0.3, 0.4) is 0 Å². The monoisotopic (exact) mass is 415 g/mol. The molecule has 0 radical (unpaired) electrons. The van der Waals surface area contributed by atoms with Crippen molar-refractivity contribution >= 4 is 17.5 Å². The smallest absolute Gasteiger partial charge is 0.254 e. The van der Waals surface area contributed by atoms with E-state index in [1.165, 1.54) is 20.3 Å². The van der Waals surface area contributed by atoms with Crippen LogP contribution in [0.1, 0.15) is 15.9 Å². The zero-order valence-electron chi connectivity index (χ0n) is 17.4. The molecule has 0 unspecified atom stereocenters. The summed E-state index contributed by atoms with van der Waals surface area (Å²) in [7, 11) is 3.08. The van der Waals surface area contributed by atoms with Gasteiger partial charge in [0.2, 0.25) is 5.91 Å². The number of aryl methyl sites for hydroxylation is 1. The van der Waals surface area contributed by atoms with Crippen LogP contribution in [0.2, 0.25) is 0 Å². The molecule has 2 amide bonds. The molecule has 0 bridgehead atoms. The fourth-order valence-electron chi connectivity index (χ4n) is 3.30. The zero-order valence-corrected chi connectivity index (χ0v) is 17.4. The molecule has 7 nitrogen and oxygen atoms in total. The molecular formula is C22H26FN3O4. The van der Waals surface area contributed by atoms with Crippen LogP contribution < -0.4 is 14.8 Å². The van der Waals surface area contributed by atoms with Gasteiger partial charge in [-0.25, -0.2) is 4.39 Å². The lowest BCUT2D eigenvalue weighted by Crippen LogP contribution is -2.50. The van der Waals surface area contributed by atoms with Crippen LogP contribution in [-0.4, -0.2) is 68.6 Å². The number of ether oxygens (including phenoxy) is 2. The molecule has 0 atom stereocenters. The van der Waals surface area contributed by atoms with Gasteiger partial charge in [-0.05, 0) is 36.8 Å². The maximum atomic E-state index is 13.6. The van der Waals surface area contributed by atoms with Crippen molar-refractivity contribution in [2.45, 2.75) is 6.92 Å². The van der Waals surface area contributed by atoms with Crippen molar-refractivity contribution < 1.29 is 23.5 Å². The summed E-state index contributed by atoms with van der Waals surface area (Å²) in [6.45, 7) is 4.01. The van der Waals surface area contributed by atoms with Crippen LogP contribution in [0.25, 0.3) is 0 Å². The summed E-state index contributed by atoms with van der Waals surface area (Å²) in [6.07, 6.45) is 0. The number of hydrogen-bond acceptors (Lipinski definition) is 5. The number of anilines is 1. The number of nitrogens with one attached hydrogen (secondary N) is 1. The Kier molecular flexibility index (Phi) is 6.89. The first kappa shape index (κ1) is 21.6. The van der Waals surface area contributed by atoms with E-state index >= 15 is 0 Å². The Labute approximate surface area is 175 Å². The molecule has 8 heteroatoms. The SMILES string of the molecule is COc1cc(OC)cc(C(=O)N2CCN(CC(=O)Nc3ccc(C)c(F)c3)CC2)c1. The minimum atomic E-state index is -0.353. The average Bonchev–Trinajstić information content (AvgIpc) is 2.75. The first-order valence-corrected chi connectivity index (χ1v) is 9.70. The fraction of sp³-hybridized carbons (Fsp3) is 0.364. The Morgan fingerprint density at radius 2 is 1.63 bits per heavy atom. The maximum absolute atomic E-state index is 13.6. The van der Waals surface area contributed by atoms with Crippen molar-refractivity contribution in [1.29, 1.82) is 0 Å². The third-order valence-corrected chi connectivity index (χ3v) is 5.08. The van der Waals surface area contributed by atoms with Crippen molar-refractivity contribution in [3.8, 4) is 11.5 Å². The van der Waals surface area contributed by atoms with E-state index in [1.807, 2.05) is 4.90 Å². The van der Waals surface area contributed by atoms with Crippen molar-refractivity contribution in [1.82, 2.24) is 9.80 Å². The maximum Gasteiger partial charge on any atom is 0.254 e. The molecule has 0 aromatic heterocycles. The Bertz CT molecular complexity index is 904. The molecule has 0 spiro atoms. The van der Waals surface area contributed by atoms with Gasteiger partial charge in [-0.1, -0.05) is 6.07 Å². The van der Waals surface area contributed by atoms with Gasteiger partial charge in [0.05, 0.1) is 20.8 Å². The van der Waals surface area contributed by atoms with Crippen molar-refractivity contribution in [2.24, 2.45) is 0 Å². The molecule has 2 aromatic carbocycles. The lowest BCUT2D eigenvalue weighted by molar-refractivity contribution is -0.117. The molecule has 30 heavy (non-hydrogen) atoms. The van der Waals surface area contributed by atoms with E-state index < -0.39 is 0 Å². The molecule has 1 heterocycles. The van der Waals surface area contributed by atoms with Gasteiger partial charge in [0, 0.05) is 43.5 Å². The number of halogens is 1. The van der Waals surface area contributed by atoms with Gasteiger partial charge in [0.25, 0.3) is 5.91 Å². The van der Waals surface area contributed by atoms with Crippen molar-refractivity contribution in [3.63, 3.8) is 0 Å². The largest absolute Gasteiger partial charge is 0.497 e. The molecule has 0 aliphatic carbocycles. The predicted octanol–water partition coefficient (Wildman–Crippen LogP) is 2.55. The molecule has 3 rings (SSSR count). The van der Waals surface area contributed by atoms with Crippen LogP contribution in [0.5, 0.6) is 11.5 Å². The normalized spacial score (nSPS) is 14.3. The van der Waals surface area contributed by atoms with Gasteiger partial charge in [0.1, 0.15) is 17.3 Å². The zero-order chi connectivity index (χ0) is 21.7. The fourth-order valence-corrected chi connectivity index (χ4v) is 3.30. The summed E-state index contributed by atoms with van der Waals surface area (Å²) >= 11 is 0. The third-order valence-electron chi connectivity index (χ3n) is 5.08. The molecule has 2 aromatic rings. The molecule has 1 aliphatic rings. The summed E-state index contributed by atoms with van der Waals surface area (Å²) in [5, 5.41) is 2.71. The second-order valence-electron chi connectivity index (χ2n) is 7.18. The number of carbonyl (C=O) groups is 2. The highest BCUT2D eigenvalue weighted by atomic mass is 19.1. The van der Waals surface area contributed by atoms with E-state index in [-0.39, 0.29) is 24.2 Å². The average molecular weight is 415 g/mol. The Balaban J connectivity index is 1.53. The second-order valence-corrected chi connectivity index (χ2v) is 7.18. The van der Waals surface area contributed by atoms with Crippen LogP contribution in [0.4, 0.5) is 10.1 Å². The molecule has 1 saturated heterocycles. The van der Waals surface area contributed by atoms with E-state index in [4.69, 9.17) is 9.47 Å². The first-order valence-electron chi connectivity index (χ1n) is 9.70. The molecule has 1 N–H and O–H groups in total. The minimum absolute atomic E-state index is 0.105. The van der Waals surface area contributed by atoms with E-state index in [0.29, 0.717) is 54.5 Å². The lowest BCUT2D eigenvalue weighted by atomic mass is 10.1. The Hall–Kier alpha value is -3.13. The summed E-state index contributed by atoms with van der Waals surface area (Å²) in [4.78, 5) is 28.8. The van der Waals surface area contributed by atoms with Crippen LogP contribution >= 0.6 is 0 Å². The van der Waals surface area contributed by atoms with Gasteiger partial charge >= 0.3 is 0 Å². The highest BCUT2D eigenvalue weighted by molar-refractivity contribution is 5.95. The van der Waals surface area contributed by atoms with Gasteiger partial charge in [0.15, 0.2) is 0 Å². The lowest BCUT2D eigenvalue weighted by Gasteiger charge is -2.34. The van der Waals surface area contributed by atoms with E-state index in [2.05, 4.69) is 5.32 Å². The Morgan fingerprint density at radius 3 is 2.20 bits per heavy atom. The number of benzene rings is 2. The highest BCUT2D eigenvalue weighted by Crippen LogP contribution is 2.24. The van der Waals surface area contributed by atoms with Crippen LogP contribution in [-0.2, 0) is 4.79 Å². The molecule has 1 aliphatic heterocycles. The van der Waals surface area contributed by atoms with Gasteiger partial charge in [-0.3, -0.25) is 14.5 Å². The molecule has 0 saturated carbocycles. The Morgan fingerprint density at radius 1 is 1.00 bits per heavy atom. The van der Waals surface area contributed by atoms with E-state index in [0.717, 1.165) is 0 Å². The van der Waals surface area contributed by atoms with Crippen molar-refractivity contribution in [3.05, 3.63) is 53.3 Å². The van der Waals surface area contributed by atoms with Gasteiger partial charge in [-0.2, -0.15) is 0 Å². The number of nitrogens with zero attached hydrogens (tertiary/aromatic N) is 2. The van der Waals surface area contributed by atoms with E-state index in [9.17, 15) is 14.0 Å². The van der Waals surface area contributed by atoms with Crippen LogP contribution in [0, 0.1) is 12.7 Å². The van der Waals surface area contributed by atoms with E-state index in [1.54, 1.807) is 42.2 Å². The molecular weight excluding hydrogens is 389 g/mol. The van der Waals surface area contributed by atoms with Crippen LogP contribution in [0.15, 0.2) is 36.4 Å². The number of piperazine rings is 1. The quantitative estimate of drug-likeness (QED) is 0.785. The number of rotatable bonds is 6. The standard InChI is InChI=1S/C22H26FN3O4/c1-15-4-5-17(12-20(15)23)24-21(27)14-25-6-8-26(9-7-25)22(28)16-10-18(29-2)13-19(11-16)30-3/h4-5,10-13H,6-9,14H2,1-3H3,(H,24,27). The molecule has 1 fully saturated rings. The summed E-state index contributed by atoms with van der Waals surface area (Å²) < 4.78 is 24.1. The topological polar surface area (TPSA) is 71.1 Å². The van der Waals surface area contributed by atoms with Gasteiger partial charge in [-0.15, -0.1) is 0 Å². The third kappa shape index (κ3) is 5.27. The van der Waals surface area contributed by atoms with Gasteiger partial charge < -0.3 is 19.7 Å². The highest BCUT2D eigenvalue weighted by Gasteiger charge is 2.24. The predicted molar refractivity (Wildman–Crippen MR) is 112 cm³/mol. The summed E-state index contributed by atoms with van der Waals surface area (Å²) in [5.41, 5.74) is 1.46. The second kappa shape index (κ2) is 9.58. The number of amides is 2. The number of methoxy groups -OCH3 is 2.